The highest BCUT2D eigenvalue weighted by Gasteiger charge is 2.31. The SMILES string of the molecule is CCCS(=O)(=O)NC[C@@H]1CCN(c2nc(NC(=O)C3CC3)nc3[nH]ccc23)C1. The number of carbonyl (C=O) groups is 1. The van der Waals surface area contributed by atoms with E-state index < -0.39 is 10.0 Å². The molecule has 9 nitrogen and oxygen atoms in total. The van der Waals surface area contributed by atoms with E-state index in [1.54, 1.807) is 0 Å². The molecular weight excluding hydrogens is 380 g/mol. The van der Waals surface area contributed by atoms with Gasteiger partial charge < -0.3 is 9.88 Å². The van der Waals surface area contributed by atoms with E-state index in [4.69, 9.17) is 0 Å². The van der Waals surface area contributed by atoms with Gasteiger partial charge in [-0.25, -0.2) is 13.1 Å². The van der Waals surface area contributed by atoms with Gasteiger partial charge >= 0.3 is 0 Å². The topological polar surface area (TPSA) is 120 Å². The third-order valence-corrected chi connectivity index (χ3v) is 6.78. The van der Waals surface area contributed by atoms with Gasteiger partial charge in [0.2, 0.25) is 21.9 Å². The van der Waals surface area contributed by atoms with Gasteiger partial charge in [-0.3, -0.25) is 10.1 Å². The van der Waals surface area contributed by atoms with E-state index in [1.807, 2.05) is 19.2 Å². The van der Waals surface area contributed by atoms with Crippen molar-refractivity contribution in [1.29, 1.82) is 0 Å². The molecule has 0 spiro atoms. The minimum atomic E-state index is -3.20. The number of rotatable bonds is 8. The van der Waals surface area contributed by atoms with Crippen molar-refractivity contribution in [1.82, 2.24) is 19.7 Å². The van der Waals surface area contributed by atoms with Crippen molar-refractivity contribution in [3.8, 4) is 0 Å². The van der Waals surface area contributed by atoms with Gasteiger partial charge in [0.05, 0.1) is 11.1 Å². The van der Waals surface area contributed by atoms with Gasteiger partial charge in [0, 0.05) is 31.7 Å². The van der Waals surface area contributed by atoms with Crippen molar-refractivity contribution in [2.45, 2.75) is 32.6 Å². The lowest BCUT2D eigenvalue weighted by atomic mass is 10.1. The highest BCUT2D eigenvalue weighted by molar-refractivity contribution is 7.89. The molecule has 2 aromatic rings. The zero-order valence-electron chi connectivity index (χ0n) is 15.9. The Balaban J connectivity index is 1.47. The molecule has 1 amide bonds. The zero-order valence-corrected chi connectivity index (χ0v) is 16.8. The zero-order chi connectivity index (χ0) is 19.7. The van der Waals surface area contributed by atoms with Crippen LogP contribution in [0.5, 0.6) is 0 Å². The number of carbonyl (C=O) groups excluding carboxylic acids is 1. The normalized spacial score (nSPS) is 20.0. The van der Waals surface area contributed by atoms with Crippen molar-refractivity contribution in [2.24, 2.45) is 11.8 Å². The van der Waals surface area contributed by atoms with Gasteiger partial charge in [-0.1, -0.05) is 6.92 Å². The Labute approximate surface area is 164 Å². The number of amides is 1. The lowest BCUT2D eigenvalue weighted by Gasteiger charge is -2.19. The van der Waals surface area contributed by atoms with Crippen molar-refractivity contribution in [3.63, 3.8) is 0 Å². The predicted octanol–water partition coefficient (Wildman–Crippen LogP) is 1.46. The number of hydrogen-bond acceptors (Lipinski definition) is 6. The van der Waals surface area contributed by atoms with Gasteiger partial charge in [-0.05, 0) is 37.7 Å². The quantitative estimate of drug-likeness (QED) is 0.610. The summed E-state index contributed by atoms with van der Waals surface area (Å²) in [5.41, 5.74) is 0.684. The molecule has 0 aromatic carbocycles. The van der Waals surface area contributed by atoms with E-state index >= 15 is 0 Å². The molecule has 0 radical (unpaired) electrons. The molecule has 0 unspecified atom stereocenters. The summed E-state index contributed by atoms with van der Waals surface area (Å²) in [6.45, 7) is 3.79. The van der Waals surface area contributed by atoms with Crippen molar-refractivity contribution in [3.05, 3.63) is 12.3 Å². The third-order valence-electron chi connectivity index (χ3n) is 5.23. The lowest BCUT2D eigenvalue weighted by Crippen LogP contribution is -2.32. The molecule has 0 bridgehead atoms. The number of nitrogens with one attached hydrogen (secondary N) is 3. The van der Waals surface area contributed by atoms with Crippen molar-refractivity contribution in [2.75, 3.05) is 35.6 Å². The van der Waals surface area contributed by atoms with Crippen LogP contribution in [0.4, 0.5) is 11.8 Å². The molecule has 1 aliphatic carbocycles. The van der Waals surface area contributed by atoms with Crippen LogP contribution in [0, 0.1) is 11.8 Å². The fourth-order valence-electron chi connectivity index (χ4n) is 3.56. The second-order valence-electron chi connectivity index (χ2n) is 7.64. The molecule has 1 saturated carbocycles. The summed E-state index contributed by atoms with van der Waals surface area (Å²) in [5, 5.41) is 3.72. The Morgan fingerprint density at radius 3 is 2.89 bits per heavy atom. The Bertz CT molecular complexity index is 969. The summed E-state index contributed by atoms with van der Waals surface area (Å²) < 4.78 is 26.5. The number of sulfonamides is 1. The largest absolute Gasteiger partial charge is 0.356 e. The molecule has 1 saturated heterocycles. The van der Waals surface area contributed by atoms with E-state index in [0.29, 0.717) is 31.1 Å². The Morgan fingerprint density at radius 2 is 2.14 bits per heavy atom. The molecule has 28 heavy (non-hydrogen) atoms. The summed E-state index contributed by atoms with van der Waals surface area (Å²) in [6, 6.07) is 1.93. The van der Waals surface area contributed by atoms with Crippen LogP contribution in [-0.2, 0) is 14.8 Å². The average Bonchev–Trinajstić information content (AvgIpc) is 3.21. The number of anilines is 2. The molecule has 152 valence electrons. The first-order valence-corrected chi connectivity index (χ1v) is 11.5. The Kier molecular flexibility index (Phi) is 5.24. The second-order valence-corrected chi connectivity index (χ2v) is 9.57. The Morgan fingerprint density at radius 1 is 1.32 bits per heavy atom. The van der Waals surface area contributed by atoms with Gasteiger partial charge in [-0.15, -0.1) is 0 Å². The number of fused-ring (bicyclic) bond motifs is 1. The standard InChI is InChI=1S/C18H26N6O3S/c1-2-9-28(26,27)20-10-12-6-8-24(11-12)16-14-5-7-19-15(14)21-18(22-16)23-17(25)13-3-4-13/h5,7,12-13,20H,2-4,6,8-11H2,1H3,(H2,19,21,22,23,25)/t12-/m0/s1. The number of aromatic amines is 1. The predicted molar refractivity (Wildman–Crippen MR) is 108 cm³/mol. The minimum Gasteiger partial charge on any atom is -0.356 e. The maximum absolute atomic E-state index is 12.1. The van der Waals surface area contributed by atoms with Gasteiger partial charge in [0.1, 0.15) is 11.5 Å². The van der Waals surface area contributed by atoms with Crippen LogP contribution < -0.4 is 14.9 Å². The van der Waals surface area contributed by atoms with Crippen LogP contribution in [0.15, 0.2) is 12.3 Å². The Hall–Kier alpha value is -2.20. The highest BCUT2D eigenvalue weighted by atomic mass is 32.2. The number of H-pyrrole nitrogens is 1. The van der Waals surface area contributed by atoms with Crippen molar-refractivity contribution < 1.29 is 13.2 Å². The van der Waals surface area contributed by atoms with Crippen LogP contribution in [0.25, 0.3) is 11.0 Å². The third kappa shape index (κ3) is 4.27. The smallest absolute Gasteiger partial charge is 0.233 e. The van der Waals surface area contributed by atoms with Gasteiger partial charge in [0.25, 0.3) is 0 Å². The highest BCUT2D eigenvalue weighted by Crippen LogP contribution is 2.32. The van der Waals surface area contributed by atoms with E-state index in [0.717, 1.165) is 37.0 Å². The summed E-state index contributed by atoms with van der Waals surface area (Å²) in [5.74, 6) is 1.52. The van der Waals surface area contributed by atoms with E-state index in [-0.39, 0.29) is 23.5 Å². The molecule has 1 atom stereocenters. The average molecular weight is 407 g/mol. The molecule has 10 heteroatoms. The van der Waals surface area contributed by atoms with Gasteiger partial charge in [-0.2, -0.15) is 9.97 Å². The van der Waals surface area contributed by atoms with Crippen molar-refractivity contribution >= 4 is 38.7 Å². The van der Waals surface area contributed by atoms with Crippen LogP contribution in [0.2, 0.25) is 0 Å². The maximum Gasteiger partial charge on any atom is 0.233 e. The van der Waals surface area contributed by atoms with Crippen LogP contribution in [-0.4, -0.2) is 54.7 Å². The molecule has 2 fully saturated rings. The summed E-state index contributed by atoms with van der Waals surface area (Å²) in [7, 11) is -3.20. The first-order valence-electron chi connectivity index (χ1n) is 9.83. The minimum absolute atomic E-state index is 0.0264. The molecule has 1 aliphatic heterocycles. The monoisotopic (exact) mass is 406 g/mol. The lowest BCUT2D eigenvalue weighted by molar-refractivity contribution is -0.117. The van der Waals surface area contributed by atoms with Crippen LogP contribution in [0.1, 0.15) is 32.6 Å². The van der Waals surface area contributed by atoms with E-state index in [9.17, 15) is 13.2 Å². The number of hydrogen-bond donors (Lipinski definition) is 3. The fourth-order valence-corrected chi connectivity index (χ4v) is 4.73. The molecule has 4 rings (SSSR count). The molecule has 2 aliphatic rings. The number of aromatic nitrogens is 3. The van der Waals surface area contributed by atoms with Gasteiger partial charge in [0.15, 0.2) is 0 Å². The van der Waals surface area contributed by atoms with E-state index in [1.165, 1.54) is 0 Å². The maximum atomic E-state index is 12.1. The van der Waals surface area contributed by atoms with E-state index in [2.05, 4.69) is 29.9 Å². The molecule has 3 N–H and O–H groups in total. The summed E-state index contributed by atoms with van der Waals surface area (Å²) in [4.78, 5) is 26.3. The molecule has 2 aromatic heterocycles. The number of nitrogens with zero attached hydrogens (tertiary/aromatic N) is 3. The summed E-state index contributed by atoms with van der Waals surface area (Å²) >= 11 is 0. The first kappa shape index (κ1) is 19.1. The molecular formula is C18H26N6O3S. The first-order chi connectivity index (χ1) is 13.4. The van der Waals surface area contributed by atoms with Crippen LogP contribution in [0.3, 0.4) is 0 Å². The van der Waals surface area contributed by atoms with Crippen LogP contribution >= 0.6 is 0 Å². The second kappa shape index (κ2) is 7.67. The molecule has 3 heterocycles. The fraction of sp³-hybridized carbons (Fsp3) is 0.611. The summed E-state index contributed by atoms with van der Waals surface area (Å²) in [6.07, 6.45) is 5.14.